The Morgan fingerprint density at radius 2 is 2.20 bits per heavy atom. The van der Waals surface area contributed by atoms with Crippen molar-refractivity contribution < 1.29 is 9.47 Å². The minimum atomic E-state index is 0.312. The molecule has 0 amide bonds. The lowest BCUT2D eigenvalue weighted by Crippen LogP contribution is -2.38. The summed E-state index contributed by atoms with van der Waals surface area (Å²) in [5, 5.41) is 6.62. The molecule has 5 nitrogen and oxygen atoms in total. The Morgan fingerprint density at radius 3 is 2.90 bits per heavy atom. The molecule has 1 saturated heterocycles. The topological polar surface area (TPSA) is 54.9 Å². The second kappa shape index (κ2) is 9.19. The Balaban J connectivity index is 1.53. The van der Waals surface area contributed by atoms with E-state index in [4.69, 9.17) is 9.47 Å². The summed E-state index contributed by atoms with van der Waals surface area (Å²) in [5.74, 6) is 1.75. The average molecular weight is 283 g/mol. The quantitative estimate of drug-likeness (QED) is 0.383. The first-order valence-corrected chi connectivity index (χ1v) is 8.10. The minimum absolute atomic E-state index is 0.312. The number of nitrogens with zero attached hydrogens (tertiary/aromatic N) is 1. The van der Waals surface area contributed by atoms with Crippen LogP contribution in [0.25, 0.3) is 0 Å². The highest BCUT2D eigenvalue weighted by molar-refractivity contribution is 5.79. The summed E-state index contributed by atoms with van der Waals surface area (Å²) in [6.07, 6.45) is 6.36. The Hall–Kier alpha value is -0.810. The van der Waals surface area contributed by atoms with Crippen LogP contribution in [0, 0.1) is 5.92 Å². The fourth-order valence-electron chi connectivity index (χ4n) is 2.24. The lowest BCUT2D eigenvalue weighted by Gasteiger charge is -2.13. The van der Waals surface area contributed by atoms with E-state index in [2.05, 4.69) is 22.5 Å². The molecule has 0 aromatic carbocycles. The molecule has 0 aromatic rings. The van der Waals surface area contributed by atoms with Crippen LogP contribution in [-0.4, -0.2) is 51.5 Å². The second-order valence-corrected chi connectivity index (χ2v) is 5.65. The van der Waals surface area contributed by atoms with Gasteiger partial charge < -0.3 is 20.1 Å². The van der Waals surface area contributed by atoms with E-state index in [1.165, 1.54) is 19.3 Å². The smallest absolute Gasteiger partial charge is 0.191 e. The molecule has 1 aliphatic carbocycles. The second-order valence-electron chi connectivity index (χ2n) is 5.65. The van der Waals surface area contributed by atoms with Crippen LogP contribution in [0.4, 0.5) is 0 Å². The third kappa shape index (κ3) is 6.57. The van der Waals surface area contributed by atoms with Gasteiger partial charge in [0, 0.05) is 32.9 Å². The van der Waals surface area contributed by atoms with Crippen LogP contribution in [0.15, 0.2) is 4.99 Å². The van der Waals surface area contributed by atoms with Crippen LogP contribution in [0.3, 0.4) is 0 Å². The van der Waals surface area contributed by atoms with Gasteiger partial charge in [0.15, 0.2) is 5.96 Å². The highest BCUT2D eigenvalue weighted by Gasteiger charge is 2.20. The van der Waals surface area contributed by atoms with E-state index in [0.717, 1.165) is 64.2 Å². The molecule has 1 atom stereocenters. The Kier molecular flexibility index (Phi) is 7.15. The van der Waals surface area contributed by atoms with Gasteiger partial charge in [-0.25, -0.2) is 0 Å². The number of hydrogen-bond donors (Lipinski definition) is 2. The summed E-state index contributed by atoms with van der Waals surface area (Å²) < 4.78 is 11.2. The fourth-order valence-corrected chi connectivity index (χ4v) is 2.24. The lowest BCUT2D eigenvalue weighted by molar-refractivity contribution is 0.117. The van der Waals surface area contributed by atoms with E-state index in [0.29, 0.717) is 6.10 Å². The molecule has 2 aliphatic rings. The molecule has 116 valence electrons. The Bertz CT molecular complexity index is 287. The SMILES string of the molecule is CCNC(=NCC1CCCO1)NCCCOCC1CC1. The van der Waals surface area contributed by atoms with Crippen LogP contribution in [0.1, 0.15) is 39.0 Å². The number of rotatable bonds is 9. The summed E-state index contributed by atoms with van der Waals surface area (Å²) in [6, 6.07) is 0. The molecule has 0 aromatic heterocycles. The molecule has 0 spiro atoms. The molecule has 20 heavy (non-hydrogen) atoms. The predicted octanol–water partition coefficient (Wildman–Crippen LogP) is 1.54. The van der Waals surface area contributed by atoms with Gasteiger partial charge in [0.05, 0.1) is 12.6 Å². The first-order chi connectivity index (χ1) is 9.88. The van der Waals surface area contributed by atoms with Crippen molar-refractivity contribution in [1.82, 2.24) is 10.6 Å². The van der Waals surface area contributed by atoms with Gasteiger partial charge in [0.2, 0.25) is 0 Å². The monoisotopic (exact) mass is 283 g/mol. The van der Waals surface area contributed by atoms with Crippen LogP contribution < -0.4 is 10.6 Å². The van der Waals surface area contributed by atoms with Gasteiger partial charge in [-0.05, 0) is 44.9 Å². The van der Waals surface area contributed by atoms with Crippen LogP contribution in [0.2, 0.25) is 0 Å². The molecule has 1 heterocycles. The van der Waals surface area contributed by atoms with Crippen molar-refractivity contribution in [2.75, 3.05) is 39.5 Å². The van der Waals surface area contributed by atoms with Gasteiger partial charge in [-0.1, -0.05) is 0 Å². The highest BCUT2D eigenvalue weighted by atomic mass is 16.5. The average Bonchev–Trinajstić information content (AvgIpc) is 3.13. The van der Waals surface area contributed by atoms with Gasteiger partial charge in [0.1, 0.15) is 0 Å². The number of guanidine groups is 1. The molecule has 2 N–H and O–H groups in total. The van der Waals surface area contributed by atoms with E-state index < -0.39 is 0 Å². The maximum Gasteiger partial charge on any atom is 0.191 e. The fraction of sp³-hybridized carbons (Fsp3) is 0.933. The van der Waals surface area contributed by atoms with Crippen LogP contribution >= 0.6 is 0 Å². The first kappa shape index (κ1) is 15.6. The maximum absolute atomic E-state index is 5.62. The summed E-state index contributed by atoms with van der Waals surface area (Å²) in [5.41, 5.74) is 0. The van der Waals surface area contributed by atoms with Crippen molar-refractivity contribution in [3.8, 4) is 0 Å². The molecule has 5 heteroatoms. The Morgan fingerprint density at radius 1 is 1.30 bits per heavy atom. The van der Waals surface area contributed by atoms with Crippen molar-refractivity contribution in [1.29, 1.82) is 0 Å². The van der Waals surface area contributed by atoms with Crippen molar-refractivity contribution in [3.63, 3.8) is 0 Å². The summed E-state index contributed by atoms with van der Waals surface area (Å²) in [7, 11) is 0. The third-order valence-corrected chi connectivity index (χ3v) is 3.63. The standard InChI is InChI=1S/C15H29N3O2/c1-2-16-15(18-11-14-5-3-10-20-14)17-8-4-9-19-12-13-6-7-13/h13-14H,2-12H2,1H3,(H2,16,17,18). The predicted molar refractivity (Wildman–Crippen MR) is 81.1 cm³/mol. The molecular weight excluding hydrogens is 254 g/mol. The zero-order valence-electron chi connectivity index (χ0n) is 12.7. The van der Waals surface area contributed by atoms with Crippen LogP contribution in [0.5, 0.6) is 0 Å². The highest BCUT2D eigenvalue weighted by Crippen LogP contribution is 2.28. The van der Waals surface area contributed by atoms with Gasteiger partial charge in [-0.2, -0.15) is 0 Å². The van der Waals surface area contributed by atoms with Crippen LogP contribution in [-0.2, 0) is 9.47 Å². The molecular formula is C15H29N3O2. The van der Waals surface area contributed by atoms with E-state index in [1.54, 1.807) is 0 Å². The zero-order chi connectivity index (χ0) is 14.0. The molecule has 2 fully saturated rings. The van der Waals surface area contributed by atoms with Crippen molar-refractivity contribution in [2.45, 2.75) is 45.1 Å². The third-order valence-electron chi connectivity index (χ3n) is 3.63. The molecule has 0 bridgehead atoms. The zero-order valence-corrected chi connectivity index (χ0v) is 12.7. The molecule has 1 aliphatic heterocycles. The molecule has 1 saturated carbocycles. The van der Waals surface area contributed by atoms with E-state index in [1.807, 2.05) is 0 Å². The van der Waals surface area contributed by atoms with Crippen molar-refractivity contribution >= 4 is 5.96 Å². The van der Waals surface area contributed by atoms with Crippen molar-refractivity contribution in [3.05, 3.63) is 0 Å². The number of nitrogens with one attached hydrogen (secondary N) is 2. The normalized spacial score (nSPS) is 23.1. The van der Waals surface area contributed by atoms with E-state index in [-0.39, 0.29) is 0 Å². The number of hydrogen-bond acceptors (Lipinski definition) is 3. The lowest BCUT2D eigenvalue weighted by atomic mass is 10.2. The first-order valence-electron chi connectivity index (χ1n) is 8.10. The van der Waals surface area contributed by atoms with Gasteiger partial charge in [-0.3, -0.25) is 4.99 Å². The van der Waals surface area contributed by atoms with Gasteiger partial charge >= 0.3 is 0 Å². The maximum atomic E-state index is 5.62. The summed E-state index contributed by atoms with van der Waals surface area (Å²) in [4.78, 5) is 4.58. The minimum Gasteiger partial charge on any atom is -0.381 e. The van der Waals surface area contributed by atoms with E-state index in [9.17, 15) is 0 Å². The van der Waals surface area contributed by atoms with Gasteiger partial charge in [0.25, 0.3) is 0 Å². The number of ether oxygens (including phenoxy) is 2. The van der Waals surface area contributed by atoms with Crippen molar-refractivity contribution in [2.24, 2.45) is 10.9 Å². The van der Waals surface area contributed by atoms with Gasteiger partial charge in [-0.15, -0.1) is 0 Å². The largest absolute Gasteiger partial charge is 0.381 e. The number of aliphatic imine (C=N–C) groups is 1. The van der Waals surface area contributed by atoms with E-state index >= 15 is 0 Å². The summed E-state index contributed by atoms with van der Waals surface area (Å²) in [6.45, 7) is 7.32. The Labute approximate surface area is 122 Å². The molecule has 1 unspecified atom stereocenters. The molecule has 0 radical (unpaired) electrons. The summed E-state index contributed by atoms with van der Waals surface area (Å²) >= 11 is 0. The molecule has 2 rings (SSSR count).